The molecule has 7 aliphatic carbocycles. The number of rotatable bonds is 5. The summed E-state index contributed by atoms with van der Waals surface area (Å²) in [6.45, 7) is 8.67. The molecule has 4 saturated carbocycles. The number of Topliss-reactive ketones (excluding diaryl/α,β-unsaturated/α-hetero) is 1. The number of hydrogen-bond acceptors (Lipinski definition) is 6. The minimum atomic E-state index is -0.920. The summed E-state index contributed by atoms with van der Waals surface area (Å²) in [5.41, 5.74) is 1.55. The number of aliphatic hydroxyl groups excluding tert-OH is 1. The van der Waals surface area contributed by atoms with Crippen molar-refractivity contribution in [2.75, 3.05) is 5.75 Å². The number of carbonyl (C=O) groups excluding carboxylic acids is 1. The number of aromatic nitrogens is 1. The Morgan fingerprint density at radius 3 is 2.47 bits per heavy atom. The van der Waals surface area contributed by atoms with E-state index in [1.807, 2.05) is 19.9 Å². The van der Waals surface area contributed by atoms with Crippen LogP contribution in [0.3, 0.4) is 0 Å². The van der Waals surface area contributed by atoms with Gasteiger partial charge < -0.3 is 10.2 Å². The number of nitrogens with zero attached hydrogens (tertiary/aromatic N) is 2. The zero-order chi connectivity index (χ0) is 30.4. The number of thioether (sulfide) groups is 1. The minimum Gasteiger partial charge on any atom is -0.393 e. The Hall–Kier alpha value is -1.94. The average molecular weight is 601 g/mol. The van der Waals surface area contributed by atoms with E-state index in [1.165, 1.54) is 18.2 Å². The molecule has 4 fully saturated rings. The smallest absolute Gasteiger partial charge is 0.162 e. The molecule has 7 aliphatic rings. The maximum absolute atomic E-state index is 14.7. The summed E-state index contributed by atoms with van der Waals surface area (Å²) < 4.78 is 0. The van der Waals surface area contributed by atoms with Gasteiger partial charge in [-0.1, -0.05) is 51.3 Å². The number of hydrogen-bond donors (Lipinski definition) is 2. The number of aryl methyl sites for hydroxylation is 2. The lowest BCUT2D eigenvalue weighted by Gasteiger charge is -2.71. The Kier molecular flexibility index (Phi) is 6.94. The summed E-state index contributed by atoms with van der Waals surface area (Å²) >= 11 is 1.53. The fourth-order valence-corrected chi connectivity index (χ4v) is 12.8. The number of carbonyl (C=O) groups is 1. The Bertz CT molecular complexity index is 1460. The van der Waals surface area contributed by atoms with Gasteiger partial charge in [0.05, 0.1) is 17.3 Å². The monoisotopic (exact) mass is 600 g/mol. The number of ketones is 1. The van der Waals surface area contributed by atoms with Crippen LogP contribution in [0.5, 0.6) is 0 Å². The van der Waals surface area contributed by atoms with Crippen LogP contribution in [0.2, 0.25) is 0 Å². The zero-order valence-corrected chi connectivity index (χ0v) is 27.2. The lowest BCUT2D eigenvalue weighted by Crippen LogP contribution is -2.67. The molecule has 2 bridgehead atoms. The second-order valence-electron chi connectivity index (χ2n) is 15.7. The lowest BCUT2D eigenvalue weighted by atomic mass is 9.32. The van der Waals surface area contributed by atoms with Crippen molar-refractivity contribution < 1.29 is 15.0 Å². The quantitative estimate of drug-likeness (QED) is 0.270. The van der Waals surface area contributed by atoms with Crippen molar-refractivity contribution in [3.63, 3.8) is 0 Å². The molecule has 0 aromatic carbocycles. The number of fused-ring (bicyclic) bond motifs is 1. The van der Waals surface area contributed by atoms with E-state index in [0.29, 0.717) is 40.9 Å². The molecule has 230 valence electrons. The summed E-state index contributed by atoms with van der Waals surface area (Å²) in [7, 11) is 0. The van der Waals surface area contributed by atoms with Gasteiger partial charge in [0.15, 0.2) is 5.78 Å². The largest absolute Gasteiger partial charge is 0.393 e. The Balaban J connectivity index is 1.29. The third kappa shape index (κ3) is 3.96. The van der Waals surface area contributed by atoms with Crippen LogP contribution in [0.1, 0.15) is 108 Å². The molecule has 2 spiro atoms. The van der Waals surface area contributed by atoms with E-state index >= 15 is 0 Å². The van der Waals surface area contributed by atoms with Gasteiger partial charge in [-0.2, -0.15) is 5.26 Å². The molecule has 1 heterocycles. The molecule has 0 radical (unpaired) electrons. The van der Waals surface area contributed by atoms with Crippen LogP contribution < -0.4 is 0 Å². The highest BCUT2D eigenvalue weighted by atomic mass is 32.2. The molecule has 1 unspecified atom stereocenters. The molecular weight excluding hydrogens is 552 g/mol. The van der Waals surface area contributed by atoms with Crippen LogP contribution in [-0.2, 0) is 4.79 Å². The van der Waals surface area contributed by atoms with E-state index in [4.69, 9.17) is 4.98 Å². The first-order valence-electron chi connectivity index (χ1n) is 16.8. The maximum atomic E-state index is 14.7. The predicted octanol–water partition coefficient (Wildman–Crippen LogP) is 7.40. The van der Waals surface area contributed by atoms with Crippen LogP contribution in [-0.4, -0.2) is 38.4 Å². The molecule has 8 atom stereocenters. The van der Waals surface area contributed by atoms with Crippen LogP contribution >= 0.6 is 11.8 Å². The fraction of sp³-hybridized carbons (Fsp3) is 0.703. The molecule has 0 amide bonds. The number of allylic oxidation sites excluding steroid dienone is 4. The highest BCUT2D eigenvalue weighted by molar-refractivity contribution is 7.99. The van der Waals surface area contributed by atoms with E-state index in [0.717, 1.165) is 74.6 Å². The van der Waals surface area contributed by atoms with Crippen molar-refractivity contribution in [3.8, 4) is 6.07 Å². The lowest BCUT2D eigenvalue weighted by molar-refractivity contribution is -0.171. The average Bonchev–Trinajstić information content (AvgIpc) is 3.26. The minimum absolute atomic E-state index is 0.00117. The maximum Gasteiger partial charge on any atom is 0.162 e. The fourth-order valence-electron chi connectivity index (χ4n) is 11.4. The molecule has 43 heavy (non-hydrogen) atoms. The first kappa shape index (κ1) is 29.8. The topological polar surface area (TPSA) is 94.2 Å². The highest BCUT2D eigenvalue weighted by Gasteiger charge is 2.74. The number of nitriles is 1. The molecule has 2 N–H and O–H groups in total. The molecule has 8 rings (SSSR count). The van der Waals surface area contributed by atoms with Crippen LogP contribution in [0.25, 0.3) is 0 Å². The van der Waals surface area contributed by atoms with Crippen molar-refractivity contribution in [2.24, 2.45) is 39.4 Å². The van der Waals surface area contributed by atoms with Crippen LogP contribution in [0, 0.1) is 64.6 Å². The third-order valence-electron chi connectivity index (χ3n) is 13.8. The van der Waals surface area contributed by atoms with E-state index in [1.54, 1.807) is 0 Å². The first-order valence-corrected chi connectivity index (χ1v) is 17.8. The molecule has 1 aromatic rings. The van der Waals surface area contributed by atoms with E-state index < -0.39 is 5.60 Å². The first-order chi connectivity index (χ1) is 20.4. The van der Waals surface area contributed by atoms with Gasteiger partial charge in [-0.05, 0) is 101 Å². The van der Waals surface area contributed by atoms with Crippen molar-refractivity contribution in [1.29, 1.82) is 5.26 Å². The third-order valence-corrected chi connectivity index (χ3v) is 15.0. The summed E-state index contributed by atoms with van der Waals surface area (Å²) in [4.78, 5) is 19.4. The van der Waals surface area contributed by atoms with Gasteiger partial charge >= 0.3 is 0 Å². The van der Waals surface area contributed by atoms with E-state index in [9.17, 15) is 20.3 Å². The molecule has 0 aliphatic heterocycles. The number of pyridine rings is 1. The second-order valence-corrected chi connectivity index (χ2v) is 16.6. The Labute approximate surface area is 261 Å². The van der Waals surface area contributed by atoms with Crippen LogP contribution in [0.4, 0.5) is 0 Å². The normalized spacial score (nSPS) is 43.4. The molecular formula is C37H48N2O3S. The Morgan fingerprint density at radius 1 is 1.02 bits per heavy atom. The van der Waals surface area contributed by atoms with Crippen LogP contribution in [0.15, 0.2) is 34.9 Å². The summed E-state index contributed by atoms with van der Waals surface area (Å²) in [6, 6.07) is 4.30. The Morgan fingerprint density at radius 2 is 1.72 bits per heavy atom. The molecule has 0 saturated heterocycles. The van der Waals surface area contributed by atoms with Gasteiger partial charge in [0.1, 0.15) is 11.1 Å². The van der Waals surface area contributed by atoms with Gasteiger partial charge in [-0.15, -0.1) is 11.8 Å². The van der Waals surface area contributed by atoms with Crippen molar-refractivity contribution in [2.45, 2.75) is 121 Å². The van der Waals surface area contributed by atoms with Gasteiger partial charge in [0, 0.05) is 39.2 Å². The van der Waals surface area contributed by atoms with Gasteiger partial charge in [-0.3, -0.25) is 4.79 Å². The van der Waals surface area contributed by atoms with Gasteiger partial charge in [0.2, 0.25) is 0 Å². The van der Waals surface area contributed by atoms with Gasteiger partial charge in [-0.25, -0.2) is 4.98 Å². The second kappa shape index (κ2) is 10.0. The predicted molar refractivity (Wildman–Crippen MR) is 169 cm³/mol. The van der Waals surface area contributed by atoms with Crippen molar-refractivity contribution in [3.05, 3.63) is 46.7 Å². The SMILES string of the molecule is Cc1cc(C)c(C#N)c(SC[C@]2(O)CC[C@H]3[C@]45C=C[C@@]6(C=C4C(=O)C4CCCCC4)CC(O)CC[C@]6(C)[C@H]5CC[C@@]32C)n1. The molecule has 6 heteroatoms. The van der Waals surface area contributed by atoms with Gasteiger partial charge in [0.25, 0.3) is 0 Å². The number of aliphatic hydroxyl groups is 2. The standard InChI is InChI=1S/C37H48N2O3S/c1-23-18-24(2)39-32(27(23)21-38)43-22-36(42)15-12-30-34(36,4)14-11-29-33(3)13-10-26(40)19-35(33)16-17-37(29,30)28(20-35)31(41)25-8-6-5-7-9-25/h16-18,20,25-26,29-30,40,42H,5-15,19,22H2,1-4H3/t26?,29-,30-,33-,34+,35+,36-,37-/m1/s1. The van der Waals surface area contributed by atoms with E-state index in [2.05, 4.69) is 38.1 Å². The summed E-state index contributed by atoms with van der Waals surface area (Å²) in [6.07, 6.45) is 18.4. The summed E-state index contributed by atoms with van der Waals surface area (Å²) in [5.74, 6) is 1.47. The van der Waals surface area contributed by atoms with Crippen molar-refractivity contribution in [1.82, 2.24) is 4.98 Å². The highest BCUT2D eigenvalue weighted by Crippen LogP contribution is 2.78. The molecule has 1 aromatic heterocycles. The molecule has 5 nitrogen and oxygen atoms in total. The summed E-state index contributed by atoms with van der Waals surface area (Å²) in [5, 5.41) is 34.1. The zero-order valence-electron chi connectivity index (χ0n) is 26.4. The van der Waals surface area contributed by atoms with E-state index in [-0.39, 0.29) is 39.6 Å². The van der Waals surface area contributed by atoms with Crippen molar-refractivity contribution >= 4 is 17.5 Å².